The Morgan fingerprint density at radius 3 is 2.45 bits per heavy atom. The molecular weight excluding hydrogens is 366 g/mol. The number of likely N-dealkylation sites (tertiary alicyclic amines) is 2. The minimum absolute atomic E-state index is 0.0970. The van der Waals surface area contributed by atoms with Crippen molar-refractivity contribution in [1.29, 1.82) is 0 Å². The monoisotopic (exact) mass is 393 g/mol. The average molecular weight is 393 g/mol. The van der Waals surface area contributed by atoms with Crippen LogP contribution in [0.1, 0.15) is 66.4 Å². The predicted octanol–water partition coefficient (Wildman–Crippen LogP) is 3.73. The van der Waals surface area contributed by atoms with Crippen LogP contribution in [0, 0.1) is 12.3 Å². The molecule has 0 radical (unpaired) electrons. The van der Waals surface area contributed by atoms with Crippen LogP contribution in [0.2, 0.25) is 0 Å². The van der Waals surface area contributed by atoms with Crippen molar-refractivity contribution < 1.29 is 14.0 Å². The molecule has 6 nitrogen and oxygen atoms in total. The summed E-state index contributed by atoms with van der Waals surface area (Å²) in [5.74, 6) is 0.565. The number of carbonyl (C=O) groups is 2. The van der Waals surface area contributed by atoms with Crippen molar-refractivity contribution in [2.24, 2.45) is 5.41 Å². The minimum Gasteiger partial charge on any atom is -0.438 e. The molecule has 2 amide bonds. The number of benzene rings is 1. The molecular formula is C23H27N3O3. The molecule has 0 bridgehead atoms. The van der Waals surface area contributed by atoms with Gasteiger partial charge < -0.3 is 14.2 Å². The zero-order valence-corrected chi connectivity index (χ0v) is 16.8. The summed E-state index contributed by atoms with van der Waals surface area (Å²) in [5.41, 5.74) is 1.69. The Kier molecular flexibility index (Phi) is 4.45. The molecule has 3 heterocycles. The Bertz CT molecular complexity index is 908. The second-order valence-electron chi connectivity index (χ2n) is 8.68. The lowest BCUT2D eigenvalue weighted by atomic mass is 9.65. The lowest BCUT2D eigenvalue weighted by Crippen LogP contribution is -2.66. The Hall–Kier alpha value is -2.63. The van der Waals surface area contributed by atoms with Crippen molar-refractivity contribution in [3.63, 3.8) is 0 Å². The quantitative estimate of drug-likeness (QED) is 0.745. The largest absolute Gasteiger partial charge is 0.438 e. The molecule has 1 aromatic carbocycles. The Morgan fingerprint density at radius 1 is 1.14 bits per heavy atom. The van der Waals surface area contributed by atoms with Crippen molar-refractivity contribution >= 4 is 11.8 Å². The van der Waals surface area contributed by atoms with Crippen molar-refractivity contribution in [3.8, 4) is 0 Å². The summed E-state index contributed by atoms with van der Waals surface area (Å²) in [5, 5.41) is 0. The summed E-state index contributed by atoms with van der Waals surface area (Å²) in [6.45, 7) is 3.07. The van der Waals surface area contributed by atoms with E-state index in [0.29, 0.717) is 30.5 Å². The van der Waals surface area contributed by atoms with E-state index in [2.05, 4.69) is 34.1 Å². The number of aromatic nitrogens is 1. The van der Waals surface area contributed by atoms with Gasteiger partial charge in [0.25, 0.3) is 5.91 Å². The Balaban J connectivity index is 1.33. The van der Waals surface area contributed by atoms with Gasteiger partial charge in [0.2, 0.25) is 11.7 Å². The van der Waals surface area contributed by atoms with Crippen LogP contribution in [0.5, 0.6) is 0 Å². The number of rotatable bonds is 3. The molecule has 1 aliphatic carbocycles. The molecule has 1 spiro atoms. The van der Waals surface area contributed by atoms with Crippen LogP contribution in [0.25, 0.3) is 0 Å². The number of carbonyl (C=O) groups excluding carboxylic acids is 2. The van der Waals surface area contributed by atoms with Gasteiger partial charge in [-0.1, -0.05) is 43.2 Å². The van der Waals surface area contributed by atoms with E-state index < -0.39 is 0 Å². The van der Waals surface area contributed by atoms with Crippen molar-refractivity contribution in [1.82, 2.24) is 14.8 Å². The zero-order valence-electron chi connectivity index (χ0n) is 16.8. The van der Waals surface area contributed by atoms with Gasteiger partial charge in [0.1, 0.15) is 0 Å². The van der Waals surface area contributed by atoms with Gasteiger partial charge in [0.05, 0.1) is 17.2 Å². The number of nitrogens with zero attached hydrogens (tertiary/aromatic N) is 3. The maximum atomic E-state index is 13.3. The fourth-order valence-corrected chi connectivity index (χ4v) is 5.67. The molecule has 3 aliphatic rings. The van der Waals surface area contributed by atoms with Crippen LogP contribution in [0.4, 0.5) is 0 Å². The third-order valence-corrected chi connectivity index (χ3v) is 7.16. The molecule has 6 heteroatoms. The lowest BCUT2D eigenvalue weighted by molar-refractivity contribution is -0.180. The van der Waals surface area contributed by atoms with Gasteiger partial charge in [-0.25, -0.2) is 4.98 Å². The summed E-state index contributed by atoms with van der Waals surface area (Å²) in [6, 6.07) is 10.9. The third kappa shape index (κ3) is 2.80. The molecule has 0 N–H and O–H groups in total. The zero-order chi connectivity index (χ0) is 20.0. The molecule has 1 aromatic heterocycles. The fraction of sp³-hybridized carbons (Fsp3) is 0.522. The van der Waals surface area contributed by atoms with Crippen LogP contribution in [-0.2, 0) is 4.79 Å². The van der Waals surface area contributed by atoms with Crippen LogP contribution >= 0.6 is 0 Å². The molecule has 3 fully saturated rings. The maximum absolute atomic E-state index is 13.3. The first-order valence-corrected chi connectivity index (χ1v) is 10.7. The molecule has 1 unspecified atom stereocenters. The molecule has 2 saturated heterocycles. The smallest absolute Gasteiger partial charge is 0.291 e. The van der Waals surface area contributed by atoms with Crippen molar-refractivity contribution in [3.05, 3.63) is 53.7 Å². The number of hydrogen-bond donors (Lipinski definition) is 0. The highest BCUT2D eigenvalue weighted by molar-refractivity contribution is 5.93. The second kappa shape index (κ2) is 7.01. The highest BCUT2D eigenvalue weighted by Crippen LogP contribution is 2.60. The van der Waals surface area contributed by atoms with Crippen LogP contribution in [0.15, 0.2) is 41.1 Å². The first kappa shape index (κ1) is 18.4. The van der Waals surface area contributed by atoms with E-state index in [1.54, 1.807) is 6.92 Å². The minimum atomic E-state index is -0.189. The van der Waals surface area contributed by atoms with Gasteiger partial charge in [-0.05, 0) is 38.2 Å². The SMILES string of the molecule is Cc1ncoc1C(=O)N1CCC(N2C(=O)C3(CCCC3)C2c2ccccc2)CC1. The van der Waals surface area contributed by atoms with Gasteiger partial charge in [-0.15, -0.1) is 0 Å². The summed E-state index contributed by atoms with van der Waals surface area (Å²) in [6.07, 6.45) is 7.24. The van der Waals surface area contributed by atoms with Gasteiger partial charge in [0.15, 0.2) is 6.39 Å². The normalized spacial score (nSPS) is 24.2. The van der Waals surface area contributed by atoms with Crippen LogP contribution < -0.4 is 0 Å². The maximum Gasteiger partial charge on any atom is 0.291 e. The first-order chi connectivity index (χ1) is 14.1. The van der Waals surface area contributed by atoms with E-state index in [0.717, 1.165) is 38.5 Å². The van der Waals surface area contributed by atoms with E-state index >= 15 is 0 Å². The second-order valence-corrected chi connectivity index (χ2v) is 8.68. The molecule has 5 rings (SSSR count). The number of oxazole rings is 1. The first-order valence-electron chi connectivity index (χ1n) is 10.7. The van der Waals surface area contributed by atoms with Crippen LogP contribution in [-0.4, -0.2) is 45.7 Å². The van der Waals surface area contributed by atoms with Gasteiger partial charge >= 0.3 is 0 Å². The molecule has 1 atom stereocenters. The van der Waals surface area contributed by atoms with E-state index in [-0.39, 0.29) is 23.4 Å². The summed E-state index contributed by atoms with van der Waals surface area (Å²) >= 11 is 0. The van der Waals surface area contributed by atoms with E-state index in [1.165, 1.54) is 12.0 Å². The van der Waals surface area contributed by atoms with E-state index in [9.17, 15) is 9.59 Å². The van der Waals surface area contributed by atoms with E-state index in [1.807, 2.05) is 11.0 Å². The Morgan fingerprint density at radius 2 is 1.83 bits per heavy atom. The molecule has 2 aliphatic heterocycles. The number of piperidine rings is 1. The average Bonchev–Trinajstić information content (AvgIpc) is 3.42. The van der Waals surface area contributed by atoms with Crippen LogP contribution in [0.3, 0.4) is 0 Å². The van der Waals surface area contributed by atoms with Gasteiger partial charge in [-0.2, -0.15) is 0 Å². The highest BCUT2D eigenvalue weighted by atomic mass is 16.3. The summed E-state index contributed by atoms with van der Waals surface area (Å²) in [7, 11) is 0. The molecule has 152 valence electrons. The number of amides is 2. The standard InChI is InChI=1S/C23H27N3O3/c1-16-19(29-15-24-16)21(27)25-13-9-18(10-14-25)26-20(17-7-3-2-4-8-17)23(22(26)28)11-5-6-12-23/h2-4,7-8,15,18,20H,5-6,9-14H2,1H3. The predicted molar refractivity (Wildman–Crippen MR) is 107 cm³/mol. The topological polar surface area (TPSA) is 66.7 Å². The lowest BCUT2D eigenvalue weighted by Gasteiger charge is -2.59. The molecule has 29 heavy (non-hydrogen) atoms. The summed E-state index contributed by atoms with van der Waals surface area (Å²) < 4.78 is 5.27. The number of β-lactam (4-membered cyclic amide) rings is 1. The number of hydrogen-bond acceptors (Lipinski definition) is 4. The van der Waals surface area contributed by atoms with Gasteiger partial charge in [0, 0.05) is 19.1 Å². The van der Waals surface area contributed by atoms with Gasteiger partial charge in [-0.3, -0.25) is 9.59 Å². The van der Waals surface area contributed by atoms with Crippen molar-refractivity contribution in [2.75, 3.05) is 13.1 Å². The highest BCUT2D eigenvalue weighted by Gasteiger charge is 2.63. The third-order valence-electron chi connectivity index (χ3n) is 7.16. The van der Waals surface area contributed by atoms with Crippen molar-refractivity contribution in [2.45, 2.75) is 57.5 Å². The van der Waals surface area contributed by atoms with E-state index in [4.69, 9.17) is 4.42 Å². The fourth-order valence-electron chi connectivity index (χ4n) is 5.67. The Labute approximate surface area is 170 Å². The summed E-state index contributed by atoms with van der Waals surface area (Å²) in [4.78, 5) is 34.0. The molecule has 1 saturated carbocycles. The molecule has 2 aromatic rings. The number of aryl methyl sites for hydroxylation is 1.